The number of aryl methyl sites for hydroxylation is 4. The Morgan fingerprint density at radius 3 is 2.68 bits per heavy atom. The second-order valence-electron chi connectivity index (χ2n) is 7.49. The van der Waals surface area contributed by atoms with E-state index in [0.29, 0.717) is 11.3 Å². The van der Waals surface area contributed by atoms with Crippen molar-refractivity contribution in [2.45, 2.75) is 40.0 Å². The summed E-state index contributed by atoms with van der Waals surface area (Å²) >= 11 is 0. The van der Waals surface area contributed by atoms with Crippen molar-refractivity contribution in [3.05, 3.63) is 68.6 Å². The summed E-state index contributed by atoms with van der Waals surface area (Å²) in [6.07, 6.45) is 2.49. The Morgan fingerprint density at radius 2 is 1.86 bits per heavy atom. The van der Waals surface area contributed by atoms with Gasteiger partial charge in [0.15, 0.2) is 6.61 Å². The summed E-state index contributed by atoms with van der Waals surface area (Å²) in [7, 11) is 0. The smallest absolute Gasteiger partial charge is 0.339 e. The van der Waals surface area contributed by atoms with E-state index in [1.807, 2.05) is 51.1 Å². The number of amides is 1. The molecular formula is C23H23NO4. The minimum Gasteiger partial charge on any atom is -0.483 e. The molecule has 1 N–H and O–H groups in total. The van der Waals surface area contributed by atoms with Gasteiger partial charge >= 0.3 is 5.63 Å². The SMILES string of the molecule is Cc1ccc(C)c(NC(=O)COc2cc(C)cc3oc(=O)c4c(c23)CCC4)c1. The number of fused-ring (bicyclic) bond motifs is 3. The molecule has 0 atom stereocenters. The van der Waals surface area contributed by atoms with Crippen LogP contribution in [0.15, 0.2) is 39.5 Å². The van der Waals surface area contributed by atoms with Crippen molar-refractivity contribution in [3.8, 4) is 5.75 Å². The zero-order valence-corrected chi connectivity index (χ0v) is 16.3. The molecule has 5 nitrogen and oxygen atoms in total. The molecule has 3 aromatic rings. The predicted octanol–water partition coefficient (Wildman–Crippen LogP) is 4.22. The first-order valence-corrected chi connectivity index (χ1v) is 9.51. The number of carbonyl (C=O) groups excluding carboxylic acids is 1. The Hall–Kier alpha value is -3.08. The van der Waals surface area contributed by atoms with Gasteiger partial charge in [-0.3, -0.25) is 4.79 Å². The van der Waals surface area contributed by atoms with Gasteiger partial charge in [-0.25, -0.2) is 4.79 Å². The number of rotatable bonds is 4. The zero-order chi connectivity index (χ0) is 19.8. The summed E-state index contributed by atoms with van der Waals surface area (Å²) < 4.78 is 11.4. The van der Waals surface area contributed by atoms with Gasteiger partial charge in [-0.1, -0.05) is 12.1 Å². The lowest BCUT2D eigenvalue weighted by Crippen LogP contribution is -2.21. The third-order valence-corrected chi connectivity index (χ3v) is 5.20. The highest BCUT2D eigenvalue weighted by molar-refractivity contribution is 5.93. The van der Waals surface area contributed by atoms with Crippen LogP contribution in [-0.4, -0.2) is 12.5 Å². The van der Waals surface area contributed by atoms with Gasteiger partial charge in [-0.05, 0) is 80.5 Å². The van der Waals surface area contributed by atoms with E-state index in [4.69, 9.17) is 9.15 Å². The summed E-state index contributed by atoms with van der Waals surface area (Å²) in [6, 6.07) is 9.67. The van der Waals surface area contributed by atoms with Gasteiger partial charge in [0.25, 0.3) is 5.91 Å². The Bertz CT molecular complexity index is 1140. The minimum absolute atomic E-state index is 0.111. The molecule has 0 saturated carbocycles. The molecule has 0 unspecified atom stereocenters. The monoisotopic (exact) mass is 377 g/mol. The summed E-state index contributed by atoms with van der Waals surface area (Å²) in [5.41, 5.74) is 5.78. The lowest BCUT2D eigenvalue weighted by molar-refractivity contribution is -0.118. The number of carbonyl (C=O) groups is 1. The van der Waals surface area contributed by atoms with Crippen LogP contribution in [0.1, 0.15) is 34.2 Å². The molecule has 1 heterocycles. The molecule has 0 fully saturated rings. The van der Waals surface area contributed by atoms with Gasteiger partial charge in [0.2, 0.25) is 0 Å². The van der Waals surface area contributed by atoms with E-state index in [2.05, 4.69) is 5.32 Å². The maximum Gasteiger partial charge on any atom is 0.339 e. The van der Waals surface area contributed by atoms with Gasteiger partial charge in [0.05, 0.1) is 5.39 Å². The van der Waals surface area contributed by atoms with Crippen LogP contribution in [0, 0.1) is 20.8 Å². The summed E-state index contributed by atoms with van der Waals surface area (Å²) in [6.45, 7) is 5.74. The second kappa shape index (κ2) is 7.15. The first-order valence-electron chi connectivity index (χ1n) is 9.51. The first kappa shape index (κ1) is 18.3. The van der Waals surface area contributed by atoms with Crippen LogP contribution in [0.2, 0.25) is 0 Å². The second-order valence-corrected chi connectivity index (χ2v) is 7.49. The average Bonchev–Trinajstić information content (AvgIpc) is 3.13. The molecule has 1 amide bonds. The maximum absolute atomic E-state index is 12.4. The molecule has 0 spiro atoms. The highest BCUT2D eigenvalue weighted by atomic mass is 16.5. The highest BCUT2D eigenvalue weighted by Crippen LogP contribution is 2.35. The molecule has 0 radical (unpaired) electrons. The van der Waals surface area contributed by atoms with Crippen molar-refractivity contribution < 1.29 is 13.9 Å². The third-order valence-electron chi connectivity index (χ3n) is 5.20. The molecular weight excluding hydrogens is 354 g/mol. The van der Waals surface area contributed by atoms with Crippen molar-refractivity contribution in [2.24, 2.45) is 0 Å². The molecule has 5 heteroatoms. The Kier molecular flexibility index (Phi) is 4.67. The summed E-state index contributed by atoms with van der Waals surface area (Å²) in [5, 5.41) is 3.72. The van der Waals surface area contributed by atoms with Crippen LogP contribution in [0.4, 0.5) is 5.69 Å². The van der Waals surface area contributed by atoms with Crippen molar-refractivity contribution in [2.75, 3.05) is 11.9 Å². The molecule has 144 valence electrons. The molecule has 2 aromatic carbocycles. The van der Waals surface area contributed by atoms with E-state index in [0.717, 1.165) is 58.2 Å². The fourth-order valence-electron chi connectivity index (χ4n) is 3.82. The normalized spacial score (nSPS) is 12.8. The van der Waals surface area contributed by atoms with E-state index >= 15 is 0 Å². The molecule has 1 aliphatic carbocycles. The van der Waals surface area contributed by atoms with E-state index < -0.39 is 0 Å². The van der Waals surface area contributed by atoms with Crippen LogP contribution in [0.3, 0.4) is 0 Å². The number of hydrogen-bond donors (Lipinski definition) is 1. The standard InChI is InChI=1S/C23H23NO4/c1-13-7-8-15(3)18(9-13)24-21(25)12-27-19-10-14(2)11-20-22(19)16-5-4-6-17(16)23(26)28-20/h7-11H,4-6,12H2,1-3H3,(H,24,25). The average molecular weight is 377 g/mol. The highest BCUT2D eigenvalue weighted by Gasteiger charge is 2.22. The van der Waals surface area contributed by atoms with Gasteiger partial charge in [-0.15, -0.1) is 0 Å². The molecule has 0 aliphatic heterocycles. The zero-order valence-electron chi connectivity index (χ0n) is 16.3. The lowest BCUT2D eigenvalue weighted by atomic mass is 10.0. The van der Waals surface area contributed by atoms with Crippen LogP contribution in [-0.2, 0) is 17.6 Å². The van der Waals surface area contributed by atoms with Crippen molar-refractivity contribution in [3.63, 3.8) is 0 Å². The maximum atomic E-state index is 12.4. The Morgan fingerprint density at radius 1 is 1.07 bits per heavy atom. The summed E-state index contributed by atoms with van der Waals surface area (Å²) in [5.74, 6) is 0.366. The van der Waals surface area contributed by atoms with E-state index in [1.165, 1.54) is 0 Å². The van der Waals surface area contributed by atoms with Crippen molar-refractivity contribution in [1.29, 1.82) is 0 Å². The van der Waals surface area contributed by atoms with Crippen molar-refractivity contribution in [1.82, 2.24) is 0 Å². The summed E-state index contributed by atoms with van der Waals surface area (Å²) in [4.78, 5) is 24.7. The quantitative estimate of drug-likeness (QED) is 0.691. The topological polar surface area (TPSA) is 68.5 Å². The van der Waals surface area contributed by atoms with Crippen molar-refractivity contribution >= 4 is 22.6 Å². The van der Waals surface area contributed by atoms with Gasteiger partial charge in [-0.2, -0.15) is 0 Å². The molecule has 28 heavy (non-hydrogen) atoms. The van der Waals surface area contributed by atoms with Crippen LogP contribution in [0.25, 0.3) is 11.0 Å². The Balaban J connectivity index is 1.61. The number of nitrogens with one attached hydrogen (secondary N) is 1. The molecule has 0 saturated heterocycles. The van der Waals surface area contributed by atoms with Crippen LogP contribution >= 0.6 is 0 Å². The number of anilines is 1. The van der Waals surface area contributed by atoms with Gasteiger partial charge < -0.3 is 14.5 Å². The molecule has 4 rings (SSSR count). The first-order chi connectivity index (χ1) is 13.4. The third kappa shape index (κ3) is 3.40. The van der Waals surface area contributed by atoms with Crippen LogP contribution in [0.5, 0.6) is 5.75 Å². The molecule has 0 bridgehead atoms. The van der Waals surface area contributed by atoms with Gasteiger partial charge in [0.1, 0.15) is 11.3 Å². The number of benzene rings is 2. The Labute approximate surface area is 163 Å². The minimum atomic E-state index is -0.260. The lowest BCUT2D eigenvalue weighted by Gasteiger charge is -2.14. The van der Waals surface area contributed by atoms with E-state index in [1.54, 1.807) is 0 Å². The van der Waals surface area contributed by atoms with Crippen LogP contribution < -0.4 is 15.7 Å². The van der Waals surface area contributed by atoms with E-state index in [9.17, 15) is 9.59 Å². The number of hydrogen-bond acceptors (Lipinski definition) is 4. The fraction of sp³-hybridized carbons (Fsp3) is 0.304. The van der Waals surface area contributed by atoms with E-state index in [-0.39, 0.29) is 18.1 Å². The molecule has 1 aromatic heterocycles. The fourth-order valence-corrected chi connectivity index (χ4v) is 3.82. The predicted molar refractivity (Wildman–Crippen MR) is 109 cm³/mol. The van der Waals surface area contributed by atoms with Gasteiger partial charge in [0, 0.05) is 11.3 Å². The number of ether oxygens (including phenoxy) is 1. The molecule has 1 aliphatic rings. The largest absolute Gasteiger partial charge is 0.483 e.